The molecule has 0 spiro atoms. The van der Waals surface area contributed by atoms with E-state index in [4.69, 9.17) is 0 Å². The van der Waals surface area contributed by atoms with Gasteiger partial charge in [-0.05, 0) is 43.1 Å². The third kappa shape index (κ3) is 1.89. The SMILES string of the molecule is CN1CCc2ccc(F)cc2CC1. The summed E-state index contributed by atoms with van der Waals surface area (Å²) >= 11 is 0. The highest BCUT2D eigenvalue weighted by molar-refractivity contribution is 5.29. The molecule has 0 unspecified atom stereocenters. The van der Waals surface area contributed by atoms with Crippen LogP contribution in [0.3, 0.4) is 0 Å². The minimum absolute atomic E-state index is 0.108. The molecular formula is C11H14FN. The van der Waals surface area contributed by atoms with Gasteiger partial charge < -0.3 is 4.90 Å². The van der Waals surface area contributed by atoms with Crippen molar-refractivity contribution in [2.24, 2.45) is 0 Å². The summed E-state index contributed by atoms with van der Waals surface area (Å²) in [4.78, 5) is 2.29. The van der Waals surface area contributed by atoms with Crippen molar-refractivity contribution in [1.82, 2.24) is 4.90 Å². The summed E-state index contributed by atoms with van der Waals surface area (Å²) in [6.07, 6.45) is 2.02. The molecule has 13 heavy (non-hydrogen) atoms. The first-order chi connectivity index (χ1) is 6.25. The first-order valence-electron chi connectivity index (χ1n) is 4.71. The van der Waals surface area contributed by atoms with Crippen LogP contribution >= 0.6 is 0 Å². The van der Waals surface area contributed by atoms with Crippen molar-refractivity contribution >= 4 is 0 Å². The Hall–Kier alpha value is -0.890. The van der Waals surface area contributed by atoms with Gasteiger partial charge in [0, 0.05) is 13.1 Å². The van der Waals surface area contributed by atoms with Gasteiger partial charge in [-0.15, -0.1) is 0 Å². The Morgan fingerprint density at radius 3 is 2.62 bits per heavy atom. The maximum atomic E-state index is 12.9. The molecule has 0 fully saturated rings. The van der Waals surface area contributed by atoms with E-state index in [-0.39, 0.29) is 5.82 Å². The van der Waals surface area contributed by atoms with Crippen molar-refractivity contribution in [1.29, 1.82) is 0 Å². The van der Waals surface area contributed by atoms with E-state index in [0.717, 1.165) is 25.9 Å². The molecule has 2 rings (SSSR count). The summed E-state index contributed by atoms with van der Waals surface area (Å²) in [6.45, 7) is 2.12. The fraction of sp³-hybridized carbons (Fsp3) is 0.455. The highest BCUT2D eigenvalue weighted by Crippen LogP contribution is 2.16. The van der Waals surface area contributed by atoms with Crippen LogP contribution in [0.2, 0.25) is 0 Å². The fourth-order valence-electron chi connectivity index (χ4n) is 1.81. The van der Waals surface area contributed by atoms with Gasteiger partial charge in [-0.1, -0.05) is 6.07 Å². The normalized spacial score (nSPS) is 18.0. The predicted molar refractivity (Wildman–Crippen MR) is 51.3 cm³/mol. The summed E-state index contributed by atoms with van der Waals surface area (Å²) in [5, 5.41) is 0. The summed E-state index contributed by atoms with van der Waals surface area (Å²) in [7, 11) is 2.11. The molecule has 0 bridgehead atoms. The largest absolute Gasteiger partial charge is 0.306 e. The molecule has 1 aliphatic rings. The first kappa shape index (κ1) is 8.70. The standard InChI is InChI=1S/C11H14FN/c1-13-6-4-9-2-3-11(12)8-10(9)5-7-13/h2-3,8H,4-7H2,1H3. The number of benzene rings is 1. The average Bonchev–Trinajstić information content (AvgIpc) is 2.29. The summed E-state index contributed by atoms with van der Waals surface area (Å²) < 4.78 is 12.9. The van der Waals surface area contributed by atoms with Crippen LogP contribution in [0.4, 0.5) is 4.39 Å². The summed E-state index contributed by atoms with van der Waals surface area (Å²) in [6, 6.07) is 5.16. The molecule has 1 aromatic carbocycles. The number of hydrogen-bond acceptors (Lipinski definition) is 1. The van der Waals surface area contributed by atoms with Crippen molar-refractivity contribution in [3.63, 3.8) is 0 Å². The van der Waals surface area contributed by atoms with Gasteiger partial charge in [-0.3, -0.25) is 0 Å². The molecule has 0 N–H and O–H groups in total. The fourth-order valence-corrected chi connectivity index (χ4v) is 1.81. The second kappa shape index (κ2) is 3.46. The molecule has 0 saturated carbocycles. The van der Waals surface area contributed by atoms with Crippen LogP contribution in [0.15, 0.2) is 18.2 Å². The van der Waals surface area contributed by atoms with Crippen LogP contribution in [0.5, 0.6) is 0 Å². The summed E-state index contributed by atoms with van der Waals surface area (Å²) in [5.74, 6) is -0.108. The lowest BCUT2D eigenvalue weighted by atomic mass is 10.0. The van der Waals surface area contributed by atoms with Gasteiger partial charge in [-0.25, -0.2) is 4.39 Å². The van der Waals surface area contributed by atoms with Gasteiger partial charge in [0.1, 0.15) is 5.82 Å². The van der Waals surface area contributed by atoms with Crippen molar-refractivity contribution < 1.29 is 4.39 Å². The molecule has 0 amide bonds. The topological polar surface area (TPSA) is 3.24 Å². The van der Waals surface area contributed by atoms with Crippen LogP contribution in [0.1, 0.15) is 11.1 Å². The predicted octanol–water partition coefficient (Wildman–Crippen LogP) is 1.86. The molecule has 1 nitrogen and oxygen atoms in total. The minimum Gasteiger partial charge on any atom is -0.306 e. The van der Waals surface area contributed by atoms with E-state index in [1.165, 1.54) is 11.1 Å². The quantitative estimate of drug-likeness (QED) is 0.587. The van der Waals surface area contributed by atoms with E-state index < -0.39 is 0 Å². The second-order valence-electron chi connectivity index (χ2n) is 3.72. The lowest BCUT2D eigenvalue weighted by molar-refractivity contribution is 0.352. The van der Waals surface area contributed by atoms with Crippen molar-refractivity contribution in [3.8, 4) is 0 Å². The van der Waals surface area contributed by atoms with Crippen LogP contribution in [0.25, 0.3) is 0 Å². The van der Waals surface area contributed by atoms with Crippen molar-refractivity contribution in [2.75, 3.05) is 20.1 Å². The third-order valence-corrected chi connectivity index (χ3v) is 2.69. The van der Waals surface area contributed by atoms with E-state index in [1.54, 1.807) is 12.1 Å². The molecule has 0 atom stereocenters. The van der Waals surface area contributed by atoms with Crippen LogP contribution in [-0.2, 0) is 12.8 Å². The highest BCUT2D eigenvalue weighted by atomic mass is 19.1. The van der Waals surface area contributed by atoms with E-state index in [2.05, 4.69) is 11.9 Å². The molecule has 70 valence electrons. The maximum Gasteiger partial charge on any atom is 0.123 e. The third-order valence-electron chi connectivity index (χ3n) is 2.69. The van der Waals surface area contributed by atoms with Gasteiger partial charge in [-0.2, -0.15) is 0 Å². The number of hydrogen-bond donors (Lipinski definition) is 0. The van der Waals surface area contributed by atoms with E-state index >= 15 is 0 Å². The van der Waals surface area contributed by atoms with Gasteiger partial charge in [0.05, 0.1) is 0 Å². The van der Waals surface area contributed by atoms with Crippen molar-refractivity contribution in [2.45, 2.75) is 12.8 Å². The molecule has 0 aromatic heterocycles. The van der Waals surface area contributed by atoms with Crippen LogP contribution < -0.4 is 0 Å². The number of halogens is 1. The van der Waals surface area contributed by atoms with E-state index in [1.807, 2.05) is 6.07 Å². The number of rotatable bonds is 0. The Labute approximate surface area is 78.2 Å². The van der Waals surface area contributed by atoms with Gasteiger partial charge >= 0.3 is 0 Å². The zero-order chi connectivity index (χ0) is 9.26. The molecule has 1 heterocycles. The molecular weight excluding hydrogens is 165 g/mol. The zero-order valence-electron chi connectivity index (χ0n) is 7.89. The number of nitrogens with zero attached hydrogens (tertiary/aromatic N) is 1. The van der Waals surface area contributed by atoms with E-state index in [0.29, 0.717) is 0 Å². The molecule has 0 saturated heterocycles. The lowest BCUT2D eigenvalue weighted by Gasteiger charge is -2.10. The Bertz CT molecular complexity index is 309. The Morgan fingerprint density at radius 2 is 1.85 bits per heavy atom. The molecule has 1 aliphatic heterocycles. The number of fused-ring (bicyclic) bond motifs is 1. The van der Waals surface area contributed by atoms with Gasteiger partial charge in [0.25, 0.3) is 0 Å². The zero-order valence-corrected chi connectivity index (χ0v) is 7.89. The van der Waals surface area contributed by atoms with Crippen LogP contribution in [0, 0.1) is 5.82 Å². The Kier molecular flexibility index (Phi) is 2.32. The Balaban J connectivity index is 2.30. The summed E-state index contributed by atoms with van der Waals surface area (Å²) in [5.41, 5.74) is 2.50. The van der Waals surface area contributed by atoms with E-state index in [9.17, 15) is 4.39 Å². The highest BCUT2D eigenvalue weighted by Gasteiger charge is 2.10. The minimum atomic E-state index is -0.108. The molecule has 2 heteroatoms. The first-order valence-corrected chi connectivity index (χ1v) is 4.71. The monoisotopic (exact) mass is 179 g/mol. The molecule has 1 aromatic rings. The Morgan fingerprint density at radius 1 is 1.15 bits per heavy atom. The number of likely N-dealkylation sites (N-methyl/N-ethyl adjacent to an activating group) is 1. The molecule has 0 radical (unpaired) electrons. The maximum absolute atomic E-state index is 12.9. The second-order valence-corrected chi connectivity index (χ2v) is 3.72. The smallest absolute Gasteiger partial charge is 0.123 e. The average molecular weight is 179 g/mol. The lowest BCUT2D eigenvalue weighted by Crippen LogP contribution is -2.20. The molecule has 0 aliphatic carbocycles. The van der Waals surface area contributed by atoms with Gasteiger partial charge in [0.2, 0.25) is 0 Å². The van der Waals surface area contributed by atoms with Crippen LogP contribution in [-0.4, -0.2) is 25.0 Å². The van der Waals surface area contributed by atoms with Gasteiger partial charge in [0.15, 0.2) is 0 Å². The van der Waals surface area contributed by atoms with Crippen molar-refractivity contribution in [3.05, 3.63) is 35.1 Å².